The van der Waals surface area contributed by atoms with E-state index < -0.39 is 0 Å². The molecule has 5 nitrogen and oxygen atoms in total. The van der Waals surface area contributed by atoms with Crippen LogP contribution in [0.2, 0.25) is 0 Å². The Bertz CT molecular complexity index is 999. The van der Waals surface area contributed by atoms with Crippen LogP contribution in [0.3, 0.4) is 0 Å². The molecule has 0 spiro atoms. The molecule has 0 N–H and O–H groups in total. The van der Waals surface area contributed by atoms with Gasteiger partial charge in [-0.25, -0.2) is 4.79 Å². The number of carbonyl (C=O) groups excluding carboxylic acids is 1. The first-order chi connectivity index (χ1) is 17.7. The highest BCUT2D eigenvalue weighted by molar-refractivity contribution is 5.89. The van der Waals surface area contributed by atoms with Gasteiger partial charge < -0.3 is 4.84 Å². The third-order valence-electron chi connectivity index (χ3n) is 8.07. The Morgan fingerprint density at radius 2 is 1.05 bits per heavy atom. The molecule has 2 fully saturated rings. The lowest BCUT2D eigenvalue weighted by atomic mass is 9.82. The molecule has 2 aliphatic rings. The van der Waals surface area contributed by atoms with Gasteiger partial charge in [0.2, 0.25) is 0 Å². The first kappa shape index (κ1) is 30.3. The summed E-state index contributed by atoms with van der Waals surface area (Å²) in [5, 5.41) is 4.12. The number of benzene rings is 2. The SMILES string of the molecule is CC(ON1C(C)(C)CCCC1(C)C)c1ccccc1.CC1(C)CCCC(C)(C)N1OC(=O)c1ccccc1. The molecule has 38 heavy (non-hydrogen) atoms. The lowest BCUT2D eigenvalue weighted by Crippen LogP contribution is -2.58. The molecule has 4 rings (SSSR count). The maximum Gasteiger partial charge on any atom is 0.357 e. The Labute approximate surface area is 231 Å². The van der Waals surface area contributed by atoms with Crippen LogP contribution in [0.4, 0.5) is 0 Å². The fraction of sp³-hybridized carbons (Fsp3) is 0.606. The summed E-state index contributed by atoms with van der Waals surface area (Å²) in [7, 11) is 0. The van der Waals surface area contributed by atoms with E-state index in [2.05, 4.69) is 91.6 Å². The van der Waals surface area contributed by atoms with E-state index in [0.717, 1.165) is 12.8 Å². The maximum atomic E-state index is 12.2. The smallest absolute Gasteiger partial charge is 0.357 e. The van der Waals surface area contributed by atoms with E-state index in [1.165, 1.54) is 31.2 Å². The third-order valence-corrected chi connectivity index (χ3v) is 8.07. The first-order valence-corrected chi connectivity index (χ1v) is 14.3. The van der Waals surface area contributed by atoms with Gasteiger partial charge >= 0.3 is 5.97 Å². The van der Waals surface area contributed by atoms with Gasteiger partial charge in [0.25, 0.3) is 0 Å². The summed E-state index contributed by atoms with van der Waals surface area (Å²) in [6.07, 6.45) is 7.00. The van der Waals surface area contributed by atoms with Crippen molar-refractivity contribution < 1.29 is 14.5 Å². The molecule has 0 aliphatic carbocycles. The molecule has 0 amide bonds. The Balaban J connectivity index is 0.000000211. The Hall–Kier alpha value is -2.21. The van der Waals surface area contributed by atoms with E-state index in [1.807, 2.05) is 29.3 Å². The lowest BCUT2D eigenvalue weighted by molar-refractivity contribution is -0.304. The van der Waals surface area contributed by atoms with Crippen molar-refractivity contribution in [2.24, 2.45) is 0 Å². The quantitative estimate of drug-likeness (QED) is 0.394. The van der Waals surface area contributed by atoms with Gasteiger partial charge in [-0.3, -0.25) is 4.84 Å². The van der Waals surface area contributed by atoms with Crippen LogP contribution in [0.1, 0.15) is 123 Å². The number of hydrogen-bond acceptors (Lipinski definition) is 5. The van der Waals surface area contributed by atoms with Crippen molar-refractivity contribution in [2.45, 2.75) is 129 Å². The number of rotatable bonds is 5. The molecule has 0 saturated carbocycles. The van der Waals surface area contributed by atoms with E-state index >= 15 is 0 Å². The molecule has 2 heterocycles. The second kappa shape index (κ2) is 11.9. The second-order valence-electron chi connectivity index (χ2n) is 13.4. The van der Waals surface area contributed by atoms with Crippen molar-refractivity contribution in [3.05, 3.63) is 71.8 Å². The Kier molecular flexibility index (Phi) is 9.49. The molecule has 210 valence electrons. The predicted molar refractivity (Wildman–Crippen MR) is 155 cm³/mol. The normalized spacial score (nSPS) is 23.0. The van der Waals surface area contributed by atoms with Crippen LogP contribution in [0.15, 0.2) is 60.7 Å². The number of piperidine rings is 2. The number of nitrogens with zero attached hydrogens (tertiary/aromatic N) is 2. The van der Waals surface area contributed by atoms with Crippen molar-refractivity contribution in [2.75, 3.05) is 0 Å². The zero-order valence-corrected chi connectivity index (χ0v) is 25.2. The van der Waals surface area contributed by atoms with Gasteiger partial charge in [0.1, 0.15) is 6.10 Å². The minimum Gasteiger partial charge on any atom is -0.363 e. The van der Waals surface area contributed by atoms with Gasteiger partial charge in [0, 0.05) is 11.1 Å². The molecule has 2 aliphatic heterocycles. The highest BCUT2D eigenvalue weighted by Crippen LogP contribution is 2.40. The lowest BCUT2D eigenvalue weighted by Gasteiger charge is -2.52. The first-order valence-electron chi connectivity index (χ1n) is 14.3. The molecule has 1 atom stereocenters. The highest BCUT2D eigenvalue weighted by atomic mass is 16.7. The summed E-state index contributed by atoms with van der Waals surface area (Å²) < 4.78 is 0. The van der Waals surface area contributed by atoms with Crippen LogP contribution in [0.5, 0.6) is 0 Å². The predicted octanol–water partition coefficient (Wildman–Crippen LogP) is 8.52. The van der Waals surface area contributed by atoms with E-state index in [-0.39, 0.29) is 34.2 Å². The van der Waals surface area contributed by atoms with E-state index in [9.17, 15) is 4.79 Å². The van der Waals surface area contributed by atoms with Crippen molar-refractivity contribution in [1.29, 1.82) is 0 Å². The summed E-state index contributed by atoms with van der Waals surface area (Å²) in [6, 6.07) is 19.6. The minimum atomic E-state index is -0.274. The van der Waals surface area contributed by atoms with Gasteiger partial charge in [-0.2, -0.15) is 5.06 Å². The fourth-order valence-corrected chi connectivity index (χ4v) is 6.14. The molecule has 2 aromatic carbocycles. The van der Waals surface area contributed by atoms with Crippen molar-refractivity contribution in [3.63, 3.8) is 0 Å². The molecular weight excluding hydrogens is 472 g/mol. The summed E-state index contributed by atoms with van der Waals surface area (Å²) in [6.45, 7) is 19.8. The maximum absolute atomic E-state index is 12.2. The van der Waals surface area contributed by atoms with Gasteiger partial charge in [0.05, 0.1) is 16.6 Å². The molecule has 0 aromatic heterocycles. The summed E-state index contributed by atoms with van der Waals surface area (Å²) in [5.74, 6) is -0.274. The topological polar surface area (TPSA) is 42.0 Å². The zero-order valence-electron chi connectivity index (χ0n) is 25.2. The van der Waals surface area contributed by atoms with Gasteiger partial charge in [-0.1, -0.05) is 48.5 Å². The molecule has 0 bridgehead atoms. The largest absolute Gasteiger partial charge is 0.363 e. The van der Waals surface area contributed by atoms with E-state index in [1.54, 1.807) is 12.1 Å². The molecule has 1 unspecified atom stereocenters. The van der Waals surface area contributed by atoms with Crippen LogP contribution < -0.4 is 0 Å². The molecule has 5 heteroatoms. The van der Waals surface area contributed by atoms with Gasteiger partial charge in [-0.15, -0.1) is 5.06 Å². The number of carbonyl (C=O) groups is 1. The number of hydroxylamine groups is 4. The van der Waals surface area contributed by atoms with Crippen LogP contribution in [-0.4, -0.2) is 38.3 Å². The minimum absolute atomic E-state index is 0.0952. The van der Waals surface area contributed by atoms with Gasteiger partial charge in [0.15, 0.2) is 0 Å². The van der Waals surface area contributed by atoms with Crippen molar-refractivity contribution in [1.82, 2.24) is 10.1 Å². The summed E-state index contributed by atoms with van der Waals surface area (Å²) >= 11 is 0. The van der Waals surface area contributed by atoms with Crippen molar-refractivity contribution in [3.8, 4) is 0 Å². The average Bonchev–Trinajstić information content (AvgIpc) is 2.84. The standard InChI is InChI=1S/C17H27NO.C16H23NO2/c1-14(15-10-7-6-8-11-15)19-18-16(2,3)12-9-13-17(18,4)5;1-15(2)11-8-12-16(3,4)17(15)19-14(18)13-9-6-5-7-10-13/h6-8,10-11,14H,9,12-13H2,1-5H3;5-7,9-10H,8,11-12H2,1-4H3. The van der Waals surface area contributed by atoms with Crippen LogP contribution in [0, 0.1) is 0 Å². The summed E-state index contributed by atoms with van der Waals surface area (Å²) in [4.78, 5) is 24.3. The second-order valence-corrected chi connectivity index (χ2v) is 13.4. The van der Waals surface area contributed by atoms with Crippen LogP contribution >= 0.6 is 0 Å². The molecule has 2 saturated heterocycles. The molecular formula is C33H50N2O3. The van der Waals surface area contributed by atoms with Crippen LogP contribution in [-0.2, 0) is 9.68 Å². The Morgan fingerprint density at radius 3 is 1.50 bits per heavy atom. The Morgan fingerprint density at radius 1 is 0.658 bits per heavy atom. The molecule has 2 aromatic rings. The summed E-state index contributed by atoms with van der Waals surface area (Å²) in [5.41, 5.74) is 1.80. The zero-order chi connectivity index (χ0) is 28.2. The van der Waals surface area contributed by atoms with Crippen LogP contribution in [0.25, 0.3) is 0 Å². The van der Waals surface area contributed by atoms with E-state index in [4.69, 9.17) is 9.68 Å². The number of hydrogen-bond donors (Lipinski definition) is 0. The average molecular weight is 523 g/mol. The van der Waals surface area contributed by atoms with Crippen molar-refractivity contribution >= 4 is 5.97 Å². The fourth-order valence-electron chi connectivity index (χ4n) is 6.14. The molecule has 0 radical (unpaired) electrons. The monoisotopic (exact) mass is 522 g/mol. The highest BCUT2D eigenvalue weighted by Gasteiger charge is 2.45. The van der Waals surface area contributed by atoms with E-state index in [0.29, 0.717) is 5.56 Å². The third kappa shape index (κ3) is 7.46. The van der Waals surface area contributed by atoms with Gasteiger partial charge in [-0.05, 0) is 119 Å².